The van der Waals surface area contributed by atoms with Gasteiger partial charge in [-0.2, -0.15) is 4.99 Å². The molecule has 0 spiro atoms. The molecule has 0 fully saturated rings. The van der Waals surface area contributed by atoms with Crippen LogP contribution in [0.25, 0.3) is 10.2 Å². The van der Waals surface area contributed by atoms with Crippen molar-refractivity contribution in [3.05, 3.63) is 33.1 Å². The molecular formula is C15H19N3O4S. The first-order valence-corrected chi connectivity index (χ1v) is 8.19. The molecule has 0 aliphatic heterocycles. The van der Waals surface area contributed by atoms with E-state index in [-0.39, 0.29) is 17.5 Å². The number of nitro groups is 1. The number of hydrogen-bond donors (Lipinski definition) is 0. The average Bonchev–Trinajstić information content (AvgIpc) is 2.84. The second kappa shape index (κ2) is 7.47. The first-order valence-electron chi connectivity index (χ1n) is 7.38. The highest BCUT2D eigenvalue weighted by Crippen LogP contribution is 2.23. The molecule has 8 heteroatoms. The normalized spacial score (nSPS) is 12.3. The van der Waals surface area contributed by atoms with Crippen LogP contribution in [0.4, 0.5) is 5.69 Å². The van der Waals surface area contributed by atoms with E-state index in [1.54, 1.807) is 19.9 Å². The number of nitrogens with zero attached hydrogens (tertiary/aromatic N) is 3. The zero-order valence-corrected chi connectivity index (χ0v) is 14.1. The number of benzene rings is 1. The maximum Gasteiger partial charge on any atom is 0.270 e. The van der Waals surface area contributed by atoms with Gasteiger partial charge in [0.05, 0.1) is 21.7 Å². The smallest absolute Gasteiger partial charge is 0.270 e. The van der Waals surface area contributed by atoms with Gasteiger partial charge in [0.25, 0.3) is 11.6 Å². The Hall–Kier alpha value is -2.06. The molecule has 0 radical (unpaired) electrons. The fourth-order valence-corrected chi connectivity index (χ4v) is 3.10. The fourth-order valence-electron chi connectivity index (χ4n) is 2.00. The SMILES string of the molecule is CCOCCn1c(=NC(=O)C(C)C)sc2cc([N+](=O)[O-])ccc21. The van der Waals surface area contributed by atoms with Crippen molar-refractivity contribution in [1.29, 1.82) is 0 Å². The van der Waals surface area contributed by atoms with Gasteiger partial charge in [0.2, 0.25) is 0 Å². The summed E-state index contributed by atoms with van der Waals surface area (Å²) in [6.45, 7) is 7.11. The molecule has 1 heterocycles. The molecule has 0 saturated heterocycles. The monoisotopic (exact) mass is 337 g/mol. The van der Waals surface area contributed by atoms with Crippen molar-refractivity contribution in [2.75, 3.05) is 13.2 Å². The highest BCUT2D eigenvalue weighted by atomic mass is 32.1. The van der Waals surface area contributed by atoms with Crippen molar-refractivity contribution in [2.45, 2.75) is 27.3 Å². The first kappa shape index (κ1) is 17.3. The van der Waals surface area contributed by atoms with Crippen molar-refractivity contribution in [2.24, 2.45) is 10.9 Å². The van der Waals surface area contributed by atoms with Crippen LogP contribution in [0.15, 0.2) is 23.2 Å². The van der Waals surface area contributed by atoms with Gasteiger partial charge in [-0.1, -0.05) is 25.2 Å². The molecular weight excluding hydrogens is 318 g/mol. The number of nitro benzene ring substituents is 1. The van der Waals surface area contributed by atoms with Crippen LogP contribution in [0.2, 0.25) is 0 Å². The van der Waals surface area contributed by atoms with Gasteiger partial charge >= 0.3 is 0 Å². The van der Waals surface area contributed by atoms with E-state index >= 15 is 0 Å². The summed E-state index contributed by atoms with van der Waals surface area (Å²) in [6.07, 6.45) is 0. The number of ether oxygens (including phenoxy) is 1. The number of hydrogen-bond acceptors (Lipinski definition) is 5. The van der Waals surface area contributed by atoms with E-state index in [0.29, 0.717) is 24.6 Å². The van der Waals surface area contributed by atoms with Crippen LogP contribution in [0, 0.1) is 16.0 Å². The van der Waals surface area contributed by atoms with E-state index < -0.39 is 4.92 Å². The summed E-state index contributed by atoms with van der Waals surface area (Å²) in [4.78, 5) is 27.1. The molecule has 0 aliphatic rings. The van der Waals surface area contributed by atoms with E-state index in [1.165, 1.54) is 23.5 Å². The topological polar surface area (TPSA) is 86.7 Å². The highest BCUT2D eigenvalue weighted by Gasteiger charge is 2.13. The zero-order valence-electron chi connectivity index (χ0n) is 13.3. The van der Waals surface area contributed by atoms with Crippen LogP contribution in [0.1, 0.15) is 20.8 Å². The lowest BCUT2D eigenvalue weighted by Gasteiger charge is -2.05. The van der Waals surface area contributed by atoms with Crippen molar-refractivity contribution in [3.8, 4) is 0 Å². The summed E-state index contributed by atoms with van der Waals surface area (Å²) in [5, 5.41) is 10.9. The zero-order chi connectivity index (χ0) is 17.0. The molecule has 0 N–H and O–H groups in total. The summed E-state index contributed by atoms with van der Waals surface area (Å²) in [6, 6.07) is 4.66. The van der Waals surface area contributed by atoms with Gasteiger partial charge in [-0.25, -0.2) is 0 Å². The van der Waals surface area contributed by atoms with Crippen LogP contribution in [0.5, 0.6) is 0 Å². The molecule has 2 rings (SSSR count). The van der Waals surface area contributed by atoms with Gasteiger partial charge in [-0.05, 0) is 13.0 Å². The number of fused-ring (bicyclic) bond motifs is 1. The molecule has 7 nitrogen and oxygen atoms in total. The second-order valence-electron chi connectivity index (χ2n) is 5.25. The largest absolute Gasteiger partial charge is 0.380 e. The van der Waals surface area contributed by atoms with Gasteiger partial charge in [-0.3, -0.25) is 14.9 Å². The second-order valence-corrected chi connectivity index (χ2v) is 6.26. The van der Waals surface area contributed by atoms with E-state index in [9.17, 15) is 14.9 Å². The Kier molecular flexibility index (Phi) is 5.62. The number of carbonyl (C=O) groups is 1. The van der Waals surface area contributed by atoms with Gasteiger partial charge in [0.1, 0.15) is 0 Å². The molecule has 0 bridgehead atoms. The lowest BCUT2D eigenvalue weighted by molar-refractivity contribution is -0.384. The number of aromatic nitrogens is 1. The van der Waals surface area contributed by atoms with Crippen molar-refractivity contribution in [3.63, 3.8) is 0 Å². The van der Waals surface area contributed by atoms with E-state index in [4.69, 9.17) is 4.74 Å². The lowest BCUT2D eigenvalue weighted by atomic mass is 10.2. The number of rotatable bonds is 6. The Morgan fingerprint density at radius 1 is 1.48 bits per heavy atom. The summed E-state index contributed by atoms with van der Waals surface area (Å²) >= 11 is 1.27. The fraction of sp³-hybridized carbons (Fsp3) is 0.467. The Bertz CT molecular complexity index is 792. The standard InChI is InChI=1S/C15H19N3O4S/c1-4-22-8-7-17-12-6-5-11(18(20)21)9-13(12)23-15(17)16-14(19)10(2)3/h5-6,9-10H,4,7-8H2,1-3H3. The van der Waals surface area contributed by atoms with Crippen LogP contribution in [-0.2, 0) is 16.1 Å². The maximum absolute atomic E-state index is 11.9. The number of thiazole rings is 1. The minimum atomic E-state index is -0.431. The molecule has 0 atom stereocenters. The quantitative estimate of drug-likeness (QED) is 0.461. The van der Waals surface area contributed by atoms with Crippen LogP contribution in [-0.4, -0.2) is 28.6 Å². The molecule has 2 aromatic rings. The number of carbonyl (C=O) groups excluding carboxylic acids is 1. The first-order chi connectivity index (χ1) is 10.9. The Balaban J connectivity index is 2.56. The van der Waals surface area contributed by atoms with Gasteiger partial charge in [0.15, 0.2) is 4.80 Å². The van der Waals surface area contributed by atoms with E-state index in [0.717, 1.165) is 10.2 Å². The number of non-ortho nitro benzene ring substituents is 1. The molecule has 0 unspecified atom stereocenters. The maximum atomic E-state index is 11.9. The molecule has 1 amide bonds. The van der Waals surface area contributed by atoms with Gasteiger partial charge in [0, 0.05) is 31.2 Å². The summed E-state index contributed by atoms with van der Waals surface area (Å²) in [5.41, 5.74) is 0.841. The molecule has 23 heavy (non-hydrogen) atoms. The van der Waals surface area contributed by atoms with Crippen LogP contribution < -0.4 is 4.80 Å². The van der Waals surface area contributed by atoms with Crippen molar-refractivity contribution < 1.29 is 14.5 Å². The molecule has 1 aromatic carbocycles. The third-order valence-corrected chi connectivity index (χ3v) is 4.28. The Morgan fingerprint density at radius 3 is 2.83 bits per heavy atom. The lowest BCUT2D eigenvalue weighted by Crippen LogP contribution is -2.20. The van der Waals surface area contributed by atoms with E-state index in [2.05, 4.69) is 4.99 Å². The average molecular weight is 337 g/mol. The van der Waals surface area contributed by atoms with Crippen molar-refractivity contribution in [1.82, 2.24) is 4.57 Å². The highest BCUT2D eigenvalue weighted by molar-refractivity contribution is 7.16. The van der Waals surface area contributed by atoms with Gasteiger partial charge in [-0.15, -0.1) is 0 Å². The predicted molar refractivity (Wildman–Crippen MR) is 88.4 cm³/mol. The van der Waals surface area contributed by atoms with Crippen LogP contribution >= 0.6 is 11.3 Å². The molecule has 124 valence electrons. The van der Waals surface area contributed by atoms with Crippen LogP contribution in [0.3, 0.4) is 0 Å². The minimum Gasteiger partial charge on any atom is -0.380 e. The minimum absolute atomic E-state index is 0.0254. The Morgan fingerprint density at radius 2 is 2.22 bits per heavy atom. The third-order valence-electron chi connectivity index (χ3n) is 3.24. The third kappa shape index (κ3) is 4.02. The number of amides is 1. The van der Waals surface area contributed by atoms with Gasteiger partial charge < -0.3 is 9.30 Å². The predicted octanol–water partition coefficient (Wildman–Crippen LogP) is 2.73. The summed E-state index contributed by atoms with van der Waals surface area (Å²) in [5.74, 6) is -0.411. The summed E-state index contributed by atoms with van der Waals surface area (Å²) in [7, 11) is 0. The molecule has 0 saturated carbocycles. The Labute approximate surface area is 137 Å². The van der Waals surface area contributed by atoms with E-state index in [1.807, 2.05) is 11.5 Å². The summed E-state index contributed by atoms with van der Waals surface area (Å²) < 4.78 is 7.98. The molecule has 1 aromatic heterocycles. The van der Waals surface area contributed by atoms with Crippen molar-refractivity contribution >= 4 is 33.1 Å². The molecule has 0 aliphatic carbocycles.